The highest BCUT2D eigenvalue weighted by molar-refractivity contribution is 7.99. The molecular weight excluding hydrogens is 134 g/mol. The second-order valence-electron chi connectivity index (χ2n) is 1.45. The van der Waals surface area contributed by atoms with Gasteiger partial charge in [-0.1, -0.05) is 11.8 Å². The largest absolute Gasteiger partial charge is 0.265 e. The van der Waals surface area contributed by atoms with E-state index in [0.29, 0.717) is 0 Å². The normalized spacial score (nSPS) is 9.44. The Morgan fingerprint density at radius 3 is 2.67 bits per heavy atom. The topological polar surface area (TPSA) is 32.8 Å². The summed E-state index contributed by atoms with van der Waals surface area (Å²) < 4.78 is 0. The second-order valence-corrected chi connectivity index (χ2v) is 2.44. The molecule has 0 fully saturated rings. The van der Waals surface area contributed by atoms with Gasteiger partial charge in [0.05, 0.1) is 0 Å². The molecule has 1 aromatic heterocycles. The van der Waals surface area contributed by atoms with Crippen molar-refractivity contribution in [2.45, 2.75) is 4.90 Å². The number of thioether (sulfide) groups is 1. The van der Waals surface area contributed by atoms with Crippen LogP contribution in [0.4, 0.5) is 0 Å². The maximum absolute atomic E-state index is 10.0. The quantitative estimate of drug-likeness (QED) is 0.461. The summed E-state index contributed by atoms with van der Waals surface area (Å²) >= 11 is 1.28. The monoisotopic (exact) mass is 140 g/mol. The Hall–Kier alpha value is -0.540. The molecule has 9 heavy (non-hydrogen) atoms. The van der Waals surface area contributed by atoms with E-state index in [-0.39, 0.29) is 5.94 Å². The first-order chi connectivity index (χ1) is 4.43. The number of hydrogen-bond donors (Lipinski definition) is 0. The highest BCUT2D eigenvalue weighted by atomic mass is 32.2. The Morgan fingerprint density at radius 1 is 1.44 bits per heavy atom. The maximum Gasteiger partial charge on any atom is 0.132 e. The molecule has 1 rings (SSSR count). The summed E-state index contributed by atoms with van der Waals surface area (Å²) in [6.07, 6.45) is 3.36. The third-order valence-electron chi connectivity index (χ3n) is 0.875. The van der Waals surface area contributed by atoms with Crippen molar-refractivity contribution in [2.75, 3.05) is 5.94 Å². The van der Waals surface area contributed by atoms with Crippen LogP contribution in [0.2, 0.25) is 0 Å². The third-order valence-corrected chi connectivity index (χ3v) is 1.60. The van der Waals surface area contributed by atoms with Gasteiger partial charge in [0.1, 0.15) is 5.94 Å². The summed E-state index contributed by atoms with van der Waals surface area (Å²) in [5.74, 6) is -0.121. The lowest BCUT2D eigenvalue weighted by atomic mass is 10.5. The Morgan fingerprint density at radius 2 is 2.11 bits per heavy atom. The lowest BCUT2D eigenvalue weighted by Crippen LogP contribution is -1.73. The van der Waals surface area contributed by atoms with Gasteiger partial charge in [0, 0.05) is 17.3 Å². The van der Waals surface area contributed by atoms with E-state index in [1.54, 1.807) is 12.4 Å². The molecule has 1 radical (unpaired) electrons. The van der Waals surface area contributed by atoms with E-state index in [9.17, 15) is 5.11 Å². The fraction of sp³-hybridized carbons (Fsp3) is 0.167. The standard InChI is InChI=1S/C6H6NOS/c8-5-9-6-1-3-7-4-2-6/h1-4H,5H2. The molecule has 0 saturated carbocycles. The summed E-state index contributed by atoms with van der Waals surface area (Å²) in [6.45, 7) is 0. The van der Waals surface area contributed by atoms with Gasteiger partial charge in [0.15, 0.2) is 0 Å². The van der Waals surface area contributed by atoms with Crippen molar-refractivity contribution in [1.29, 1.82) is 0 Å². The first kappa shape index (κ1) is 6.58. The van der Waals surface area contributed by atoms with Crippen LogP contribution in [0.15, 0.2) is 29.4 Å². The fourth-order valence-electron chi connectivity index (χ4n) is 0.503. The minimum absolute atomic E-state index is 0.121. The van der Waals surface area contributed by atoms with Crippen LogP contribution < -0.4 is 0 Å². The second kappa shape index (κ2) is 3.48. The van der Waals surface area contributed by atoms with Gasteiger partial charge < -0.3 is 0 Å². The van der Waals surface area contributed by atoms with Gasteiger partial charge in [-0.15, -0.1) is 0 Å². The summed E-state index contributed by atoms with van der Waals surface area (Å²) in [4.78, 5) is 4.80. The molecule has 47 valence electrons. The zero-order valence-electron chi connectivity index (χ0n) is 4.78. The molecule has 0 bridgehead atoms. The van der Waals surface area contributed by atoms with Crippen LogP contribution in [0, 0.1) is 0 Å². The zero-order chi connectivity index (χ0) is 6.53. The Kier molecular flexibility index (Phi) is 2.54. The maximum atomic E-state index is 10.0. The molecule has 0 aromatic carbocycles. The van der Waals surface area contributed by atoms with E-state index in [1.165, 1.54) is 11.8 Å². The smallest absolute Gasteiger partial charge is 0.132 e. The molecule has 0 spiro atoms. The molecule has 1 aromatic rings. The van der Waals surface area contributed by atoms with Crippen LogP contribution in [0.1, 0.15) is 0 Å². The lowest BCUT2D eigenvalue weighted by Gasteiger charge is -1.91. The highest BCUT2D eigenvalue weighted by Crippen LogP contribution is 2.13. The van der Waals surface area contributed by atoms with E-state index in [1.807, 2.05) is 12.1 Å². The molecule has 0 unspecified atom stereocenters. The minimum atomic E-state index is -0.121. The van der Waals surface area contributed by atoms with Crippen LogP contribution in [0.25, 0.3) is 0 Å². The van der Waals surface area contributed by atoms with Crippen molar-refractivity contribution in [2.24, 2.45) is 0 Å². The zero-order valence-corrected chi connectivity index (χ0v) is 5.60. The van der Waals surface area contributed by atoms with Crippen LogP contribution in [-0.4, -0.2) is 10.9 Å². The lowest BCUT2D eigenvalue weighted by molar-refractivity contribution is 0.260. The van der Waals surface area contributed by atoms with Crippen molar-refractivity contribution < 1.29 is 5.11 Å². The van der Waals surface area contributed by atoms with E-state index >= 15 is 0 Å². The number of rotatable bonds is 2. The van der Waals surface area contributed by atoms with Crippen molar-refractivity contribution in [3.63, 3.8) is 0 Å². The SMILES string of the molecule is [O]CSc1ccncc1. The van der Waals surface area contributed by atoms with Gasteiger partial charge in [0.25, 0.3) is 0 Å². The predicted octanol–water partition coefficient (Wildman–Crippen LogP) is 1.56. The summed E-state index contributed by atoms with van der Waals surface area (Å²) in [5, 5.41) is 10.0. The third kappa shape index (κ3) is 2.03. The average Bonchev–Trinajstić information content (AvgIpc) is 1.91. The van der Waals surface area contributed by atoms with Gasteiger partial charge in [-0.25, -0.2) is 5.11 Å². The molecule has 0 aliphatic carbocycles. The van der Waals surface area contributed by atoms with Crippen molar-refractivity contribution in [3.8, 4) is 0 Å². The Labute approximate surface area is 57.9 Å². The van der Waals surface area contributed by atoms with Gasteiger partial charge in [-0.3, -0.25) is 4.98 Å². The minimum Gasteiger partial charge on any atom is -0.265 e. The van der Waals surface area contributed by atoms with Crippen LogP contribution in [0.5, 0.6) is 0 Å². The molecule has 0 amide bonds. The predicted molar refractivity (Wildman–Crippen MR) is 35.6 cm³/mol. The Balaban J connectivity index is 2.61. The molecule has 0 aliphatic heterocycles. The highest BCUT2D eigenvalue weighted by Gasteiger charge is 1.87. The summed E-state index contributed by atoms with van der Waals surface area (Å²) in [6, 6.07) is 3.64. The van der Waals surface area contributed by atoms with Gasteiger partial charge in [-0.05, 0) is 12.1 Å². The van der Waals surface area contributed by atoms with Crippen LogP contribution >= 0.6 is 11.8 Å². The van der Waals surface area contributed by atoms with Crippen LogP contribution in [0.3, 0.4) is 0 Å². The molecule has 0 N–H and O–H groups in total. The molecule has 2 nitrogen and oxygen atoms in total. The van der Waals surface area contributed by atoms with E-state index < -0.39 is 0 Å². The summed E-state index contributed by atoms with van der Waals surface area (Å²) in [5.41, 5.74) is 0. The number of aromatic nitrogens is 1. The fourth-order valence-corrected chi connectivity index (χ4v) is 0.953. The average molecular weight is 140 g/mol. The van der Waals surface area contributed by atoms with Gasteiger partial charge in [0.2, 0.25) is 0 Å². The number of pyridine rings is 1. The van der Waals surface area contributed by atoms with Crippen LogP contribution in [-0.2, 0) is 5.11 Å². The molecule has 3 heteroatoms. The van der Waals surface area contributed by atoms with E-state index in [2.05, 4.69) is 4.98 Å². The van der Waals surface area contributed by atoms with Crippen molar-refractivity contribution in [1.82, 2.24) is 4.98 Å². The van der Waals surface area contributed by atoms with E-state index in [0.717, 1.165) is 4.90 Å². The molecule has 0 aliphatic rings. The van der Waals surface area contributed by atoms with Crippen molar-refractivity contribution >= 4 is 11.8 Å². The molecule has 1 heterocycles. The number of hydrogen-bond acceptors (Lipinski definition) is 2. The molecular formula is C6H6NOS. The Bertz CT molecular complexity index is 166. The van der Waals surface area contributed by atoms with E-state index in [4.69, 9.17) is 0 Å². The number of nitrogens with zero attached hydrogens (tertiary/aromatic N) is 1. The van der Waals surface area contributed by atoms with Gasteiger partial charge >= 0.3 is 0 Å². The van der Waals surface area contributed by atoms with Gasteiger partial charge in [-0.2, -0.15) is 0 Å². The first-order valence-electron chi connectivity index (χ1n) is 2.54. The molecule has 0 saturated heterocycles. The first-order valence-corrected chi connectivity index (χ1v) is 3.53. The summed E-state index contributed by atoms with van der Waals surface area (Å²) in [7, 11) is 0. The molecule has 0 atom stereocenters. The van der Waals surface area contributed by atoms with Crippen molar-refractivity contribution in [3.05, 3.63) is 24.5 Å².